The third-order valence-corrected chi connectivity index (χ3v) is 7.72. The summed E-state index contributed by atoms with van der Waals surface area (Å²) in [7, 11) is 0. The Hall–Kier alpha value is -2.48. The van der Waals surface area contributed by atoms with Crippen LogP contribution >= 0.6 is 11.3 Å². The lowest BCUT2D eigenvalue weighted by molar-refractivity contribution is -0.143. The van der Waals surface area contributed by atoms with Crippen LogP contribution in [-0.2, 0) is 11.3 Å². The second-order valence-electron chi connectivity index (χ2n) is 9.85. The van der Waals surface area contributed by atoms with Crippen LogP contribution in [0.15, 0.2) is 48.5 Å². The fourth-order valence-corrected chi connectivity index (χ4v) is 5.37. The van der Waals surface area contributed by atoms with Crippen molar-refractivity contribution in [3.63, 3.8) is 0 Å². The highest BCUT2D eigenvalue weighted by Gasteiger charge is 2.24. The lowest BCUT2D eigenvalue weighted by atomic mass is 9.97. The summed E-state index contributed by atoms with van der Waals surface area (Å²) in [6, 6.07) is 16.0. The molecule has 0 radical (unpaired) electrons. The molecule has 3 N–H and O–H groups in total. The number of carboxylic acid groups (broad SMARTS) is 1. The number of rotatable bonds is 13. The van der Waals surface area contributed by atoms with Crippen LogP contribution in [0.4, 0.5) is 0 Å². The number of piperidine rings is 1. The standard InChI is InChI=1S/C20H20N2O3S.C10H23N/c23-19(24)15-9-11-22(12-10-15)13-14-5-7-16(8-6-14)25-20-21-17-3-1-2-4-18(17)26-20;1-2-3-4-5-6-7-8-9-10-11/h1-8,15H,9-13H2,(H,23,24);2-11H2,1H3. The number of aliphatic carboxylic acids is 1. The molecule has 2 aromatic carbocycles. The first kappa shape index (κ1) is 29.1. The van der Waals surface area contributed by atoms with Crippen LogP contribution in [-0.4, -0.2) is 40.6 Å². The second-order valence-corrected chi connectivity index (χ2v) is 10.8. The largest absolute Gasteiger partial charge is 0.481 e. The third kappa shape index (κ3) is 10.4. The molecule has 0 spiro atoms. The summed E-state index contributed by atoms with van der Waals surface area (Å²) < 4.78 is 6.99. The average molecular weight is 526 g/mol. The molecule has 1 aliphatic rings. The Bertz CT molecular complexity index is 1000. The predicted molar refractivity (Wildman–Crippen MR) is 153 cm³/mol. The first-order chi connectivity index (χ1) is 18.1. The van der Waals surface area contributed by atoms with Gasteiger partial charge in [-0.05, 0) is 68.7 Å². The van der Waals surface area contributed by atoms with Gasteiger partial charge in [-0.3, -0.25) is 9.69 Å². The van der Waals surface area contributed by atoms with E-state index < -0.39 is 5.97 Å². The maximum atomic E-state index is 11.0. The number of para-hydroxylation sites is 1. The maximum Gasteiger partial charge on any atom is 0.306 e. The quantitative estimate of drug-likeness (QED) is 0.225. The van der Waals surface area contributed by atoms with Crippen LogP contribution in [0.5, 0.6) is 10.9 Å². The van der Waals surface area contributed by atoms with Gasteiger partial charge in [0, 0.05) is 6.54 Å². The summed E-state index contributed by atoms with van der Waals surface area (Å²) in [5.41, 5.74) is 7.55. The van der Waals surface area contributed by atoms with Crippen molar-refractivity contribution in [3.8, 4) is 10.9 Å². The first-order valence-corrected chi connectivity index (χ1v) is 14.7. The number of aromatic nitrogens is 1. The van der Waals surface area contributed by atoms with E-state index in [4.69, 9.17) is 15.6 Å². The zero-order valence-electron chi connectivity index (χ0n) is 22.2. The summed E-state index contributed by atoms with van der Waals surface area (Å²) in [5, 5.41) is 9.72. The van der Waals surface area contributed by atoms with Crippen LogP contribution in [0, 0.1) is 5.92 Å². The zero-order valence-corrected chi connectivity index (χ0v) is 23.1. The number of benzene rings is 2. The van der Waals surface area contributed by atoms with Gasteiger partial charge in [0.2, 0.25) is 0 Å². The Morgan fingerprint density at radius 3 is 2.27 bits per heavy atom. The topological polar surface area (TPSA) is 88.7 Å². The van der Waals surface area contributed by atoms with E-state index in [2.05, 4.69) is 28.9 Å². The number of carbonyl (C=O) groups is 1. The van der Waals surface area contributed by atoms with Crippen molar-refractivity contribution in [1.29, 1.82) is 0 Å². The van der Waals surface area contributed by atoms with Crippen LogP contribution in [0.1, 0.15) is 76.7 Å². The number of fused-ring (bicyclic) bond motifs is 1. The molecular formula is C30H43N3O3S. The van der Waals surface area contributed by atoms with Gasteiger partial charge in [-0.25, -0.2) is 4.98 Å². The molecule has 2 heterocycles. The normalized spacial score (nSPS) is 14.3. The molecule has 37 heavy (non-hydrogen) atoms. The Balaban J connectivity index is 0.000000295. The van der Waals surface area contributed by atoms with Crippen molar-refractivity contribution in [2.24, 2.45) is 11.7 Å². The molecule has 0 saturated carbocycles. The van der Waals surface area contributed by atoms with Gasteiger partial charge in [-0.2, -0.15) is 0 Å². The van der Waals surface area contributed by atoms with Gasteiger partial charge in [0.15, 0.2) is 0 Å². The van der Waals surface area contributed by atoms with Crippen molar-refractivity contribution in [1.82, 2.24) is 9.88 Å². The maximum absolute atomic E-state index is 11.0. The molecule has 0 bridgehead atoms. The van der Waals surface area contributed by atoms with Gasteiger partial charge in [0.05, 0.1) is 16.1 Å². The minimum absolute atomic E-state index is 0.184. The first-order valence-electron chi connectivity index (χ1n) is 13.9. The van der Waals surface area contributed by atoms with E-state index in [0.717, 1.165) is 55.0 Å². The SMILES string of the molecule is CCCCCCCCCCN.O=C(O)C1CCN(Cc2ccc(Oc3nc4ccccc4s3)cc2)CC1. The fraction of sp³-hybridized carbons (Fsp3) is 0.533. The Morgan fingerprint density at radius 2 is 1.65 bits per heavy atom. The van der Waals surface area contributed by atoms with E-state index in [9.17, 15) is 4.79 Å². The lowest BCUT2D eigenvalue weighted by Gasteiger charge is -2.30. The summed E-state index contributed by atoms with van der Waals surface area (Å²) in [6.45, 7) is 5.64. The summed E-state index contributed by atoms with van der Waals surface area (Å²) in [6.07, 6.45) is 12.4. The third-order valence-electron chi connectivity index (χ3n) is 6.80. The minimum atomic E-state index is -0.666. The number of carboxylic acids is 1. The van der Waals surface area contributed by atoms with Crippen LogP contribution in [0.25, 0.3) is 10.2 Å². The molecule has 1 saturated heterocycles. The Kier molecular flexibility index (Phi) is 12.9. The highest BCUT2D eigenvalue weighted by Crippen LogP contribution is 2.31. The molecule has 7 heteroatoms. The summed E-state index contributed by atoms with van der Waals surface area (Å²) in [4.78, 5) is 17.8. The predicted octanol–water partition coefficient (Wildman–Crippen LogP) is 7.47. The number of ether oxygens (including phenoxy) is 1. The number of likely N-dealkylation sites (tertiary alicyclic amines) is 1. The molecule has 0 amide bonds. The average Bonchev–Trinajstić information content (AvgIpc) is 3.32. The monoisotopic (exact) mass is 525 g/mol. The van der Waals surface area contributed by atoms with Gasteiger partial charge < -0.3 is 15.6 Å². The molecule has 0 aliphatic carbocycles. The van der Waals surface area contributed by atoms with Gasteiger partial charge in [0.25, 0.3) is 5.19 Å². The number of hydrogen-bond acceptors (Lipinski definition) is 6. The Labute approximate surface area is 225 Å². The molecule has 202 valence electrons. The van der Waals surface area contributed by atoms with Crippen molar-refractivity contribution in [2.45, 2.75) is 77.7 Å². The molecule has 1 aliphatic heterocycles. The van der Waals surface area contributed by atoms with E-state index >= 15 is 0 Å². The second kappa shape index (κ2) is 16.4. The van der Waals surface area contributed by atoms with E-state index in [1.807, 2.05) is 36.4 Å². The highest BCUT2D eigenvalue weighted by atomic mass is 32.1. The number of nitrogens with zero attached hydrogens (tertiary/aromatic N) is 2. The molecule has 0 unspecified atom stereocenters. The van der Waals surface area contributed by atoms with Gasteiger partial charge in [0.1, 0.15) is 5.75 Å². The van der Waals surface area contributed by atoms with Crippen LogP contribution in [0.3, 0.4) is 0 Å². The van der Waals surface area contributed by atoms with Crippen molar-refractivity contribution >= 4 is 27.5 Å². The van der Waals surface area contributed by atoms with Gasteiger partial charge in [-0.1, -0.05) is 87.5 Å². The molecule has 1 aromatic heterocycles. The number of thiazole rings is 1. The van der Waals surface area contributed by atoms with E-state index in [0.29, 0.717) is 5.19 Å². The van der Waals surface area contributed by atoms with E-state index in [1.165, 1.54) is 68.3 Å². The fourth-order valence-electron chi connectivity index (χ4n) is 4.53. The molecule has 6 nitrogen and oxygen atoms in total. The number of nitrogens with two attached hydrogens (primary N) is 1. The van der Waals surface area contributed by atoms with E-state index in [1.54, 1.807) is 0 Å². The smallest absolute Gasteiger partial charge is 0.306 e. The van der Waals surface area contributed by atoms with Gasteiger partial charge in [-0.15, -0.1) is 0 Å². The zero-order chi connectivity index (χ0) is 26.3. The summed E-state index contributed by atoms with van der Waals surface area (Å²) in [5.74, 6) is -0.0748. The Morgan fingerprint density at radius 1 is 1.00 bits per heavy atom. The van der Waals surface area contributed by atoms with Crippen LogP contribution in [0.2, 0.25) is 0 Å². The van der Waals surface area contributed by atoms with Crippen molar-refractivity contribution < 1.29 is 14.6 Å². The molecule has 0 atom stereocenters. The summed E-state index contributed by atoms with van der Waals surface area (Å²) >= 11 is 1.54. The van der Waals surface area contributed by atoms with Crippen molar-refractivity contribution in [2.75, 3.05) is 19.6 Å². The molecule has 4 rings (SSSR count). The van der Waals surface area contributed by atoms with E-state index in [-0.39, 0.29) is 5.92 Å². The molecule has 3 aromatic rings. The minimum Gasteiger partial charge on any atom is -0.481 e. The highest BCUT2D eigenvalue weighted by molar-refractivity contribution is 7.20. The molecular weight excluding hydrogens is 482 g/mol. The number of hydrogen-bond donors (Lipinski definition) is 2. The molecule has 1 fully saturated rings. The number of unbranched alkanes of at least 4 members (excludes halogenated alkanes) is 7. The van der Waals surface area contributed by atoms with Crippen molar-refractivity contribution in [3.05, 3.63) is 54.1 Å². The van der Waals surface area contributed by atoms with Crippen LogP contribution < -0.4 is 10.5 Å². The lowest BCUT2D eigenvalue weighted by Crippen LogP contribution is -2.35. The van der Waals surface area contributed by atoms with Gasteiger partial charge >= 0.3 is 5.97 Å².